The van der Waals surface area contributed by atoms with E-state index in [2.05, 4.69) is 43.9 Å². The molecule has 1 aromatic heterocycles. The minimum Gasteiger partial charge on any atom is -0.397 e. The van der Waals surface area contributed by atoms with E-state index in [9.17, 15) is 25.6 Å². The highest BCUT2D eigenvalue weighted by atomic mass is 35.5. The van der Waals surface area contributed by atoms with E-state index in [4.69, 9.17) is 28.9 Å². The predicted molar refractivity (Wildman–Crippen MR) is 206 cm³/mol. The highest BCUT2D eigenvalue weighted by Crippen LogP contribution is 2.36. The van der Waals surface area contributed by atoms with Crippen molar-refractivity contribution in [3.05, 3.63) is 100 Å². The van der Waals surface area contributed by atoms with Crippen LogP contribution in [0.15, 0.2) is 87.6 Å². The average Bonchev–Trinajstić information content (AvgIpc) is 3.55. The zero-order valence-electron chi connectivity index (χ0n) is 29.1. The van der Waals surface area contributed by atoms with Gasteiger partial charge in [0.05, 0.1) is 32.6 Å². The van der Waals surface area contributed by atoms with Crippen LogP contribution in [0.5, 0.6) is 0 Å². The fourth-order valence-electron chi connectivity index (χ4n) is 6.28. The molecular weight excluding hydrogens is 767 g/mol. The number of aromatic amines is 1. The lowest BCUT2D eigenvalue weighted by molar-refractivity contribution is 0.313. The molecule has 0 unspecified atom stereocenters. The van der Waals surface area contributed by atoms with E-state index < -0.39 is 31.3 Å². The Morgan fingerprint density at radius 3 is 1.72 bits per heavy atom. The summed E-state index contributed by atoms with van der Waals surface area (Å²) < 4.78 is 77.6. The smallest absolute Gasteiger partial charge is 0.223 e. The number of halogens is 4. The first-order valence-electron chi connectivity index (χ1n) is 16.7. The topological polar surface area (TPSA) is 136 Å². The van der Waals surface area contributed by atoms with Crippen molar-refractivity contribution in [3.8, 4) is 0 Å². The van der Waals surface area contributed by atoms with Gasteiger partial charge in [0, 0.05) is 67.8 Å². The van der Waals surface area contributed by atoms with Gasteiger partial charge in [-0.2, -0.15) is 5.10 Å². The summed E-state index contributed by atoms with van der Waals surface area (Å²) >= 11 is 12.5. The molecule has 7 rings (SSSR count). The van der Waals surface area contributed by atoms with Gasteiger partial charge in [-0.05, 0) is 92.5 Å². The molecule has 17 heteroatoms. The molecule has 282 valence electrons. The third-order valence-electron chi connectivity index (χ3n) is 9.38. The molecule has 0 bridgehead atoms. The van der Waals surface area contributed by atoms with E-state index in [1.165, 1.54) is 24.3 Å². The third kappa shape index (κ3) is 8.71. The lowest BCUT2D eigenvalue weighted by Crippen LogP contribution is -2.44. The molecule has 4 aromatic carbocycles. The first kappa shape index (κ1) is 38.7. The van der Waals surface area contributed by atoms with Crippen LogP contribution in [0, 0.1) is 11.6 Å². The Balaban J connectivity index is 0.000000182. The van der Waals surface area contributed by atoms with Gasteiger partial charge in [-0.25, -0.2) is 25.6 Å². The molecule has 53 heavy (non-hydrogen) atoms. The molecule has 2 aliphatic rings. The molecule has 3 heterocycles. The van der Waals surface area contributed by atoms with Crippen molar-refractivity contribution in [1.82, 2.24) is 20.0 Å². The maximum atomic E-state index is 13.2. The predicted octanol–water partition coefficient (Wildman–Crippen LogP) is 5.73. The molecule has 3 N–H and O–H groups in total. The molecule has 0 aliphatic carbocycles. The zero-order chi connectivity index (χ0) is 38.1. The molecule has 2 saturated heterocycles. The maximum Gasteiger partial charge on any atom is 0.223 e. The second kappa shape index (κ2) is 15.8. The van der Waals surface area contributed by atoms with E-state index >= 15 is 0 Å². The van der Waals surface area contributed by atoms with E-state index in [-0.39, 0.29) is 20.6 Å². The average molecular weight is 807 g/mol. The van der Waals surface area contributed by atoms with Gasteiger partial charge < -0.3 is 25.3 Å². The number of hydrogen-bond acceptors (Lipinski definition) is 10. The van der Waals surface area contributed by atoms with Gasteiger partial charge in [0.15, 0.2) is 14.9 Å². The lowest BCUT2D eigenvalue weighted by atomic mass is 10.1. The highest BCUT2D eigenvalue weighted by molar-refractivity contribution is 7.91. The van der Waals surface area contributed by atoms with Gasteiger partial charge >= 0.3 is 0 Å². The SMILES string of the molecule is CN1CCN(c2cc(Cl)cc(CS(=O)(=O)c3ccc(F)cc3)c2N)CC1.CN1CCN(c2cc(Cl)cc3c(S(=O)(=O)c4ccc(F)cc4)[nH]nc23)CC1. The summed E-state index contributed by atoms with van der Waals surface area (Å²) in [5, 5.41) is 8.20. The number of benzene rings is 4. The van der Waals surface area contributed by atoms with Crippen molar-refractivity contribution in [2.24, 2.45) is 0 Å². The number of H-pyrrole nitrogens is 1. The Bertz CT molecular complexity index is 2310. The van der Waals surface area contributed by atoms with Crippen molar-refractivity contribution in [2.45, 2.75) is 20.6 Å². The molecule has 5 aromatic rings. The van der Waals surface area contributed by atoms with E-state index in [0.717, 1.165) is 88.0 Å². The Kier molecular flexibility index (Phi) is 11.5. The molecule has 2 aliphatic heterocycles. The van der Waals surface area contributed by atoms with Crippen LogP contribution in [0.25, 0.3) is 10.9 Å². The van der Waals surface area contributed by atoms with Crippen LogP contribution in [0.1, 0.15) is 5.56 Å². The van der Waals surface area contributed by atoms with Crippen molar-refractivity contribution in [3.63, 3.8) is 0 Å². The second-order valence-electron chi connectivity index (χ2n) is 13.1. The van der Waals surface area contributed by atoms with Gasteiger partial charge in [-0.15, -0.1) is 0 Å². The van der Waals surface area contributed by atoms with Crippen LogP contribution >= 0.6 is 23.2 Å². The second-order valence-corrected chi connectivity index (χ2v) is 17.9. The van der Waals surface area contributed by atoms with Crippen LogP contribution in [0.4, 0.5) is 25.8 Å². The fourth-order valence-corrected chi connectivity index (χ4v) is 9.44. The van der Waals surface area contributed by atoms with Crippen LogP contribution in [-0.2, 0) is 25.4 Å². The number of nitrogens with two attached hydrogens (primary N) is 1. The van der Waals surface area contributed by atoms with Gasteiger partial charge in [0.2, 0.25) is 9.84 Å². The van der Waals surface area contributed by atoms with Crippen LogP contribution in [0.3, 0.4) is 0 Å². The van der Waals surface area contributed by atoms with Crippen molar-refractivity contribution >= 4 is 70.8 Å². The Labute approximate surface area is 317 Å². The number of nitrogens with zero attached hydrogens (tertiary/aromatic N) is 5. The summed E-state index contributed by atoms with van der Waals surface area (Å²) in [4.78, 5) is 8.78. The van der Waals surface area contributed by atoms with Gasteiger partial charge in [-0.1, -0.05) is 23.2 Å². The Morgan fingerprint density at radius 2 is 1.17 bits per heavy atom. The summed E-state index contributed by atoms with van der Waals surface area (Å²) in [6.45, 7) is 6.80. The summed E-state index contributed by atoms with van der Waals surface area (Å²) in [6.07, 6.45) is 0. The number of fused-ring (bicyclic) bond motifs is 1. The Hall–Kier alpha value is -3.99. The van der Waals surface area contributed by atoms with Crippen molar-refractivity contribution in [1.29, 1.82) is 0 Å². The summed E-state index contributed by atoms with van der Waals surface area (Å²) in [5.74, 6) is -1.27. The molecule has 0 spiro atoms. The fraction of sp³-hybridized carbons (Fsp3) is 0.306. The largest absolute Gasteiger partial charge is 0.397 e. The number of nitrogen functional groups attached to an aromatic ring is 1. The van der Waals surface area contributed by atoms with Crippen molar-refractivity contribution < 1.29 is 25.6 Å². The van der Waals surface area contributed by atoms with E-state index in [1.807, 2.05) is 6.07 Å². The molecular formula is C36H39Cl2F2N7O4S2. The summed E-state index contributed by atoms with van der Waals surface area (Å²) in [6, 6.07) is 16.2. The molecule has 0 saturated carbocycles. The molecule has 0 amide bonds. The number of anilines is 3. The van der Waals surface area contributed by atoms with Gasteiger partial charge in [0.1, 0.15) is 17.2 Å². The first-order valence-corrected chi connectivity index (χ1v) is 20.6. The number of aromatic nitrogens is 2. The minimum atomic E-state index is -3.88. The van der Waals surface area contributed by atoms with Crippen LogP contribution < -0.4 is 15.5 Å². The number of nitrogens with one attached hydrogen (secondary N) is 1. The molecule has 0 atom stereocenters. The zero-order valence-corrected chi connectivity index (χ0v) is 32.2. The van der Waals surface area contributed by atoms with E-state index in [1.54, 1.807) is 18.2 Å². The Morgan fingerprint density at radius 1 is 0.698 bits per heavy atom. The summed E-state index contributed by atoms with van der Waals surface area (Å²) in [7, 11) is -3.42. The molecule has 11 nitrogen and oxygen atoms in total. The first-order chi connectivity index (χ1) is 25.1. The number of rotatable bonds is 7. The number of sulfone groups is 2. The third-order valence-corrected chi connectivity index (χ3v) is 13.2. The number of piperazine rings is 2. The molecule has 0 radical (unpaired) electrons. The maximum absolute atomic E-state index is 13.2. The normalized spacial score (nSPS) is 16.1. The minimum absolute atomic E-state index is 0.00410. The summed E-state index contributed by atoms with van der Waals surface area (Å²) in [5.41, 5.74) is 9.29. The monoisotopic (exact) mass is 805 g/mol. The molecule has 2 fully saturated rings. The number of likely N-dealkylation sites (N-methyl/N-ethyl adjacent to an activating group) is 2. The van der Waals surface area contributed by atoms with Crippen LogP contribution in [0.2, 0.25) is 10.0 Å². The lowest BCUT2D eigenvalue weighted by Gasteiger charge is -2.35. The van der Waals surface area contributed by atoms with Gasteiger partial charge in [0.25, 0.3) is 0 Å². The number of hydrogen-bond donors (Lipinski definition) is 2. The van der Waals surface area contributed by atoms with Crippen LogP contribution in [-0.4, -0.2) is 103 Å². The van der Waals surface area contributed by atoms with E-state index in [0.29, 0.717) is 32.2 Å². The van der Waals surface area contributed by atoms with Gasteiger partial charge in [-0.3, -0.25) is 5.10 Å². The highest BCUT2D eigenvalue weighted by Gasteiger charge is 2.27. The standard InChI is InChI=1S/C18H18ClFN4O2S.C18H21ClFN3O2S/c1-23-6-8-24(9-7-23)16-11-12(19)10-15-17(16)21-22-18(15)27(25,26)14-4-2-13(20)3-5-14;1-22-6-8-23(9-7-22)17-11-14(19)10-13(18(17)21)12-26(24,25)16-4-2-15(20)3-5-16/h2-5,10-11H,6-9H2,1H3,(H,21,22);2-5,10-11H,6-9,12,21H2,1H3. The quantitative estimate of drug-likeness (QED) is 0.155. The van der Waals surface area contributed by atoms with Crippen molar-refractivity contribution in [2.75, 3.05) is 82.0 Å².